The number of halogens is 1. The van der Waals surface area contributed by atoms with Gasteiger partial charge in [-0.05, 0) is 43.9 Å². The highest BCUT2D eigenvalue weighted by atomic mass is 35.5. The van der Waals surface area contributed by atoms with Gasteiger partial charge >= 0.3 is 0 Å². The van der Waals surface area contributed by atoms with Crippen molar-refractivity contribution in [1.29, 1.82) is 0 Å². The van der Waals surface area contributed by atoms with Gasteiger partial charge in [-0.2, -0.15) is 0 Å². The molecule has 0 bridgehead atoms. The first-order valence-corrected chi connectivity index (χ1v) is 10.9. The average molecular weight is 387 g/mol. The largest absolute Gasteiger partial charge is 0.347 e. The summed E-state index contributed by atoms with van der Waals surface area (Å²) < 4.78 is 0. The second kappa shape index (κ2) is 10.2. The third-order valence-corrected chi connectivity index (χ3v) is 7.31. The number of amides is 2. The van der Waals surface area contributed by atoms with Crippen LogP contribution in [-0.2, 0) is 9.59 Å². The normalized spacial score (nSPS) is 16.8. The molecule has 1 aromatic rings. The quantitative estimate of drug-likeness (QED) is 0.513. The van der Waals surface area contributed by atoms with E-state index in [0.29, 0.717) is 17.1 Å². The van der Waals surface area contributed by atoms with E-state index >= 15 is 0 Å². The topological polar surface area (TPSA) is 58.2 Å². The molecule has 0 spiro atoms. The fraction of sp³-hybridized carbons (Fsp3) is 0.529. The molecule has 4 nitrogen and oxygen atoms in total. The Hall–Kier alpha value is -0.850. The molecule has 7 heteroatoms. The van der Waals surface area contributed by atoms with Gasteiger partial charge in [0.2, 0.25) is 11.8 Å². The molecule has 1 aliphatic heterocycles. The van der Waals surface area contributed by atoms with Gasteiger partial charge in [-0.1, -0.05) is 45.7 Å². The second-order valence-electron chi connectivity index (χ2n) is 5.81. The lowest BCUT2D eigenvalue weighted by Crippen LogP contribution is -2.32. The van der Waals surface area contributed by atoms with E-state index in [2.05, 4.69) is 10.6 Å². The van der Waals surface area contributed by atoms with Crippen molar-refractivity contribution >= 4 is 50.7 Å². The van der Waals surface area contributed by atoms with Gasteiger partial charge in [0.05, 0.1) is 6.54 Å². The van der Waals surface area contributed by atoms with Crippen LogP contribution in [0.4, 0.5) is 5.69 Å². The summed E-state index contributed by atoms with van der Waals surface area (Å²) in [7, 11) is 3.92. The summed E-state index contributed by atoms with van der Waals surface area (Å²) >= 11 is 6.02. The van der Waals surface area contributed by atoms with E-state index in [0.717, 1.165) is 23.7 Å². The molecule has 1 atom stereocenters. The summed E-state index contributed by atoms with van der Waals surface area (Å²) in [4.78, 5) is 23.7. The van der Waals surface area contributed by atoms with Gasteiger partial charge in [0, 0.05) is 28.1 Å². The van der Waals surface area contributed by atoms with Crippen LogP contribution in [0, 0.1) is 6.92 Å². The minimum absolute atomic E-state index is 0.0140. The first-order chi connectivity index (χ1) is 11.6. The molecule has 1 saturated heterocycles. The van der Waals surface area contributed by atoms with E-state index in [-0.39, 0.29) is 18.4 Å². The maximum Gasteiger partial charge on any atom is 0.243 e. The van der Waals surface area contributed by atoms with E-state index in [9.17, 15) is 9.59 Å². The molecule has 2 rings (SSSR count). The number of carbonyl (C=O) groups is 2. The predicted octanol–water partition coefficient (Wildman–Crippen LogP) is 4.42. The van der Waals surface area contributed by atoms with Gasteiger partial charge in [-0.15, -0.1) is 0 Å². The molecular weight excluding hydrogens is 364 g/mol. The van der Waals surface area contributed by atoms with Crippen LogP contribution in [0.2, 0.25) is 5.02 Å². The highest BCUT2D eigenvalue weighted by Gasteiger charge is 2.16. The Labute approximate surface area is 156 Å². The number of hydrogen-bond acceptors (Lipinski definition) is 4. The SMILES string of the molecule is Cc1c(Cl)cccc1NC(=O)CNC(=O)CCCCC1CCSS1. The minimum Gasteiger partial charge on any atom is -0.347 e. The van der Waals surface area contributed by atoms with E-state index in [1.54, 1.807) is 18.2 Å². The molecule has 24 heavy (non-hydrogen) atoms. The molecule has 1 unspecified atom stereocenters. The molecule has 1 aliphatic rings. The molecule has 132 valence electrons. The van der Waals surface area contributed by atoms with Crippen molar-refractivity contribution in [2.45, 2.75) is 44.3 Å². The van der Waals surface area contributed by atoms with Gasteiger partial charge in [0.1, 0.15) is 0 Å². The Kier molecular flexibility index (Phi) is 8.29. The first kappa shape index (κ1) is 19.5. The smallest absolute Gasteiger partial charge is 0.243 e. The molecule has 1 aromatic carbocycles. The van der Waals surface area contributed by atoms with Crippen LogP contribution in [0.3, 0.4) is 0 Å². The highest BCUT2D eigenvalue weighted by Crippen LogP contribution is 2.39. The number of carbonyl (C=O) groups excluding carboxylic acids is 2. The molecular formula is C17H23ClN2O2S2. The Morgan fingerprint density at radius 2 is 2.12 bits per heavy atom. The lowest BCUT2D eigenvalue weighted by molar-refractivity contribution is -0.124. The van der Waals surface area contributed by atoms with Crippen molar-refractivity contribution < 1.29 is 9.59 Å². The standard InChI is InChI=1S/C17H23ClN2O2S2/c1-12-14(18)6-4-7-15(12)20-17(22)11-19-16(21)8-3-2-5-13-9-10-23-24-13/h4,6-7,13H,2-3,5,8-11H2,1H3,(H,19,21)(H,20,22). The molecule has 1 heterocycles. The van der Waals surface area contributed by atoms with Crippen LogP contribution in [0.1, 0.15) is 37.7 Å². The van der Waals surface area contributed by atoms with Crippen molar-refractivity contribution in [2.75, 3.05) is 17.6 Å². The maximum atomic E-state index is 11.9. The minimum atomic E-state index is -0.243. The molecule has 2 N–H and O–H groups in total. The number of benzene rings is 1. The van der Waals surface area contributed by atoms with Crippen LogP contribution < -0.4 is 10.6 Å². The number of nitrogens with one attached hydrogen (secondary N) is 2. The summed E-state index contributed by atoms with van der Waals surface area (Å²) in [6.07, 6.45) is 4.89. The monoisotopic (exact) mass is 386 g/mol. The van der Waals surface area contributed by atoms with Crippen LogP contribution in [-0.4, -0.2) is 29.4 Å². The molecule has 0 aromatic heterocycles. The fourth-order valence-corrected chi connectivity index (χ4v) is 5.63. The van der Waals surface area contributed by atoms with E-state index < -0.39 is 0 Å². The van der Waals surface area contributed by atoms with Crippen molar-refractivity contribution in [2.24, 2.45) is 0 Å². The zero-order chi connectivity index (χ0) is 17.4. The summed E-state index contributed by atoms with van der Waals surface area (Å²) in [6.45, 7) is 1.83. The maximum absolute atomic E-state index is 11.9. The first-order valence-electron chi connectivity index (χ1n) is 8.16. The lowest BCUT2D eigenvalue weighted by atomic mass is 10.1. The number of hydrogen-bond donors (Lipinski definition) is 2. The molecule has 0 radical (unpaired) electrons. The Bertz CT molecular complexity index is 578. The molecule has 0 aliphatic carbocycles. The van der Waals surface area contributed by atoms with Gasteiger partial charge in [0.25, 0.3) is 0 Å². The molecule has 0 saturated carbocycles. The van der Waals surface area contributed by atoms with Gasteiger partial charge in [-0.25, -0.2) is 0 Å². The third-order valence-electron chi connectivity index (χ3n) is 3.90. The molecule has 1 fully saturated rings. The Morgan fingerprint density at radius 3 is 2.88 bits per heavy atom. The van der Waals surface area contributed by atoms with Gasteiger partial charge in [0.15, 0.2) is 0 Å². The van der Waals surface area contributed by atoms with E-state index in [4.69, 9.17) is 11.6 Å². The van der Waals surface area contributed by atoms with Crippen LogP contribution >= 0.6 is 33.2 Å². The fourth-order valence-electron chi connectivity index (χ4n) is 2.43. The Balaban J connectivity index is 1.60. The van der Waals surface area contributed by atoms with Crippen LogP contribution in [0.5, 0.6) is 0 Å². The summed E-state index contributed by atoms with van der Waals surface area (Å²) in [5.41, 5.74) is 1.50. The third kappa shape index (κ3) is 6.57. The van der Waals surface area contributed by atoms with E-state index in [1.807, 2.05) is 28.5 Å². The van der Waals surface area contributed by atoms with Crippen LogP contribution in [0.25, 0.3) is 0 Å². The molecule has 2 amide bonds. The Morgan fingerprint density at radius 1 is 1.29 bits per heavy atom. The van der Waals surface area contributed by atoms with Crippen molar-refractivity contribution in [3.8, 4) is 0 Å². The number of rotatable bonds is 8. The van der Waals surface area contributed by atoms with Gasteiger partial charge in [-0.3, -0.25) is 9.59 Å². The second-order valence-corrected chi connectivity index (χ2v) is 9.01. The van der Waals surface area contributed by atoms with Crippen molar-refractivity contribution in [3.05, 3.63) is 28.8 Å². The number of unbranched alkanes of at least 4 members (excludes halogenated alkanes) is 1. The zero-order valence-electron chi connectivity index (χ0n) is 13.8. The summed E-state index contributed by atoms with van der Waals surface area (Å²) in [6, 6.07) is 5.35. The summed E-state index contributed by atoms with van der Waals surface area (Å²) in [5.74, 6) is 0.936. The average Bonchev–Trinajstić information content (AvgIpc) is 3.07. The van der Waals surface area contributed by atoms with Gasteiger partial charge < -0.3 is 10.6 Å². The van der Waals surface area contributed by atoms with Crippen molar-refractivity contribution in [1.82, 2.24) is 5.32 Å². The van der Waals surface area contributed by atoms with E-state index in [1.165, 1.54) is 18.6 Å². The number of anilines is 1. The summed E-state index contributed by atoms with van der Waals surface area (Å²) in [5, 5.41) is 6.80. The predicted molar refractivity (Wildman–Crippen MR) is 105 cm³/mol. The highest BCUT2D eigenvalue weighted by molar-refractivity contribution is 8.77. The zero-order valence-corrected chi connectivity index (χ0v) is 16.2. The van der Waals surface area contributed by atoms with Crippen LogP contribution in [0.15, 0.2) is 18.2 Å². The van der Waals surface area contributed by atoms with Crippen molar-refractivity contribution in [3.63, 3.8) is 0 Å². The lowest BCUT2D eigenvalue weighted by Gasteiger charge is -2.10.